The molecule has 1 aliphatic carbocycles. The van der Waals surface area contributed by atoms with Crippen molar-refractivity contribution in [1.82, 2.24) is 0 Å². The van der Waals surface area contributed by atoms with E-state index < -0.39 is 55.4 Å². The van der Waals surface area contributed by atoms with Crippen molar-refractivity contribution in [1.29, 1.82) is 0 Å². The van der Waals surface area contributed by atoms with E-state index in [1.807, 2.05) is 13.0 Å². The number of aliphatic hydroxyl groups excluding tert-OH is 2. The Labute approximate surface area is 175 Å². The van der Waals surface area contributed by atoms with Gasteiger partial charge in [-0.2, -0.15) is 0 Å². The van der Waals surface area contributed by atoms with Crippen molar-refractivity contribution in [3.63, 3.8) is 0 Å². The number of esters is 3. The van der Waals surface area contributed by atoms with Gasteiger partial charge in [0.2, 0.25) is 0 Å². The fraction of sp³-hybridized carbons (Fsp3) is 0.500. The lowest BCUT2D eigenvalue weighted by atomic mass is 9.85. The van der Waals surface area contributed by atoms with Gasteiger partial charge in [-0.15, -0.1) is 0 Å². The molecule has 0 aromatic carbocycles. The van der Waals surface area contributed by atoms with Crippen LogP contribution in [0.4, 0.5) is 0 Å². The van der Waals surface area contributed by atoms with Crippen LogP contribution in [0.25, 0.3) is 0 Å². The Morgan fingerprint density at radius 1 is 1.30 bits per heavy atom. The summed E-state index contributed by atoms with van der Waals surface area (Å²) in [6.07, 6.45) is 3.45. The largest absolute Gasteiger partial charge is 0.458 e. The van der Waals surface area contributed by atoms with Crippen molar-refractivity contribution in [2.24, 2.45) is 5.92 Å². The molecule has 1 heterocycles. The molecule has 1 saturated heterocycles. The molecule has 0 aromatic heterocycles. The number of rotatable bonds is 5. The minimum absolute atomic E-state index is 0.0784. The van der Waals surface area contributed by atoms with Crippen LogP contribution < -0.4 is 0 Å². The number of fused-ring (bicyclic) bond motifs is 1. The summed E-state index contributed by atoms with van der Waals surface area (Å²) in [5, 5.41) is 18.4. The van der Waals surface area contributed by atoms with Crippen molar-refractivity contribution in [2.75, 3.05) is 13.2 Å². The maximum Gasteiger partial charge on any atom is 0.336 e. The number of carbonyl (C=O) groups excluding carboxylic acids is 3. The minimum atomic E-state index is -0.786. The van der Waals surface area contributed by atoms with Crippen LogP contribution >= 0.6 is 0 Å². The first-order valence-corrected chi connectivity index (χ1v) is 9.70. The van der Waals surface area contributed by atoms with E-state index in [1.165, 1.54) is 13.0 Å². The molecule has 2 N–H and O–H groups in total. The molecule has 0 bridgehead atoms. The van der Waals surface area contributed by atoms with Gasteiger partial charge in [0.15, 0.2) is 0 Å². The summed E-state index contributed by atoms with van der Waals surface area (Å²) in [4.78, 5) is 36.2. The highest BCUT2D eigenvalue weighted by atomic mass is 16.6. The van der Waals surface area contributed by atoms with Gasteiger partial charge in [0.25, 0.3) is 0 Å². The molecule has 8 heteroatoms. The standard InChI is InChI=1S/C22H28O8/c1-12-5-6-17(28-15(4)25)13(2)10-19-20(14(3)21(26)29-19)18(9-12)30-22(27)16(11-24)7-8-23/h5,7,10,17-20,23-24H,3,6,8-9,11H2,1-2,4H3/b12-5-,13-10+,16-7+/t17-,18-,19-,20?/m1/s1. The van der Waals surface area contributed by atoms with Crippen molar-refractivity contribution < 1.29 is 38.8 Å². The maximum absolute atomic E-state index is 12.5. The maximum atomic E-state index is 12.5. The Morgan fingerprint density at radius 3 is 2.60 bits per heavy atom. The lowest BCUT2D eigenvalue weighted by Gasteiger charge is -2.28. The summed E-state index contributed by atoms with van der Waals surface area (Å²) in [5.74, 6) is -2.44. The van der Waals surface area contributed by atoms with Crippen LogP contribution in [0.1, 0.15) is 33.6 Å². The van der Waals surface area contributed by atoms with Crippen LogP contribution in [0.2, 0.25) is 0 Å². The Kier molecular flexibility index (Phi) is 8.14. The lowest BCUT2D eigenvalue weighted by Crippen LogP contribution is -2.34. The zero-order chi connectivity index (χ0) is 22.4. The number of hydrogen-bond donors (Lipinski definition) is 2. The molecule has 0 amide bonds. The normalized spacial score (nSPS) is 30.9. The molecule has 1 aliphatic heterocycles. The first-order chi connectivity index (χ1) is 14.2. The topological polar surface area (TPSA) is 119 Å². The predicted octanol–water partition coefficient (Wildman–Crippen LogP) is 1.53. The Hall–Kier alpha value is -2.71. The van der Waals surface area contributed by atoms with E-state index in [4.69, 9.17) is 19.3 Å². The van der Waals surface area contributed by atoms with Gasteiger partial charge in [0.05, 0.1) is 24.7 Å². The van der Waals surface area contributed by atoms with E-state index in [1.54, 1.807) is 13.0 Å². The highest BCUT2D eigenvalue weighted by molar-refractivity contribution is 5.92. The van der Waals surface area contributed by atoms with Gasteiger partial charge in [0.1, 0.15) is 18.3 Å². The van der Waals surface area contributed by atoms with E-state index in [-0.39, 0.29) is 11.1 Å². The van der Waals surface area contributed by atoms with Gasteiger partial charge in [0, 0.05) is 25.3 Å². The fourth-order valence-electron chi connectivity index (χ4n) is 3.56. The molecule has 0 aromatic rings. The molecule has 2 rings (SSSR count). The zero-order valence-corrected chi connectivity index (χ0v) is 17.4. The van der Waals surface area contributed by atoms with Gasteiger partial charge >= 0.3 is 17.9 Å². The molecule has 1 fully saturated rings. The van der Waals surface area contributed by atoms with E-state index in [9.17, 15) is 19.5 Å². The molecule has 0 saturated carbocycles. The van der Waals surface area contributed by atoms with Crippen molar-refractivity contribution >= 4 is 17.9 Å². The minimum Gasteiger partial charge on any atom is -0.458 e. The van der Waals surface area contributed by atoms with Crippen LogP contribution in [0.5, 0.6) is 0 Å². The highest BCUT2D eigenvalue weighted by Crippen LogP contribution is 2.36. The first kappa shape index (κ1) is 23.6. The summed E-state index contributed by atoms with van der Waals surface area (Å²) in [5.41, 5.74) is 1.67. The molecule has 2 aliphatic rings. The van der Waals surface area contributed by atoms with Gasteiger partial charge < -0.3 is 24.4 Å². The van der Waals surface area contributed by atoms with Gasteiger partial charge in [-0.05, 0) is 31.6 Å². The molecular formula is C22H28O8. The third-order valence-electron chi connectivity index (χ3n) is 5.14. The molecule has 4 atom stereocenters. The van der Waals surface area contributed by atoms with E-state index in [2.05, 4.69) is 6.58 Å². The average Bonchev–Trinajstić information content (AvgIpc) is 2.94. The van der Waals surface area contributed by atoms with E-state index in [0.717, 1.165) is 5.57 Å². The summed E-state index contributed by atoms with van der Waals surface area (Å²) in [6, 6.07) is 0. The molecular weight excluding hydrogens is 392 g/mol. The number of carbonyl (C=O) groups is 3. The quantitative estimate of drug-likeness (QED) is 0.297. The monoisotopic (exact) mass is 420 g/mol. The predicted molar refractivity (Wildman–Crippen MR) is 107 cm³/mol. The first-order valence-electron chi connectivity index (χ1n) is 9.70. The summed E-state index contributed by atoms with van der Waals surface area (Å²) in [7, 11) is 0. The Bertz CT molecular complexity index is 804. The third kappa shape index (κ3) is 5.67. The van der Waals surface area contributed by atoms with Crippen LogP contribution in [0.15, 0.2) is 47.1 Å². The molecule has 1 unspecified atom stereocenters. The molecule has 0 radical (unpaired) electrons. The fourth-order valence-corrected chi connectivity index (χ4v) is 3.56. The Morgan fingerprint density at radius 2 is 2.00 bits per heavy atom. The van der Waals surface area contributed by atoms with E-state index >= 15 is 0 Å². The van der Waals surface area contributed by atoms with Crippen LogP contribution in [0, 0.1) is 5.92 Å². The second-order valence-electron chi connectivity index (χ2n) is 7.43. The molecule has 8 nitrogen and oxygen atoms in total. The number of ether oxygens (including phenoxy) is 3. The lowest BCUT2D eigenvalue weighted by molar-refractivity contribution is -0.148. The van der Waals surface area contributed by atoms with Gasteiger partial charge in [-0.25, -0.2) is 9.59 Å². The SMILES string of the molecule is C=C1C(=O)O[C@@H]2/C=C(\C)[C@H](OC(C)=O)C/C=C(/C)C[C@@H](OC(=O)/C(=C/CO)CO)C12. The van der Waals surface area contributed by atoms with Crippen LogP contribution in [0.3, 0.4) is 0 Å². The second kappa shape index (κ2) is 10.4. The molecule has 0 spiro atoms. The smallest absolute Gasteiger partial charge is 0.336 e. The third-order valence-corrected chi connectivity index (χ3v) is 5.14. The van der Waals surface area contributed by atoms with Crippen LogP contribution in [-0.2, 0) is 28.6 Å². The second-order valence-corrected chi connectivity index (χ2v) is 7.43. The number of hydrogen-bond acceptors (Lipinski definition) is 8. The summed E-state index contributed by atoms with van der Waals surface area (Å²) < 4.78 is 16.5. The Balaban J connectivity index is 2.42. The summed E-state index contributed by atoms with van der Waals surface area (Å²) >= 11 is 0. The van der Waals surface area contributed by atoms with E-state index in [0.29, 0.717) is 18.4 Å². The zero-order valence-electron chi connectivity index (χ0n) is 17.4. The van der Waals surface area contributed by atoms with Crippen LogP contribution in [-0.4, -0.2) is 59.6 Å². The summed E-state index contributed by atoms with van der Waals surface area (Å²) in [6.45, 7) is 7.76. The molecule has 164 valence electrons. The average molecular weight is 420 g/mol. The van der Waals surface area contributed by atoms with Crippen molar-refractivity contribution in [2.45, 2.75) is 51.9 Å². The van der Waals surface area contributed by atoms with Gasteiger partial charge in [-0.1, -0.05) is 18.2 Å². The highest BCUT2D eigenvalue weighted by Gasteiger charge is 2.45. The van der Waals surface area contributed by atoms with Gasteiger partial charge in [-0.3, -0.25) is 4.79 Å². The molecule has 30 heavy (non-hydrogen) atoms. The number of aliphatic hydroxyl groups is 2. The van der Waals surface area contributed by atoms with Crippen molar-refractivity contribution in [3.05, 3.63) is 47.1 Å². The van der Waals surface area contributed by atoms with Crippen molar-refractivity contribution in [3.8, 4) is 0 Å².